The molecule has 10 nitrogen and oxygen atoms in total. The lowest BCUT2D eigenvalue weighted by atomic mass is 10.0. The van der Waals surface area contributed by atoms with E-state index in [1.807, 2.05) is 37.3 Å². The van der Waals surface area contributed by atoms with Crippen LogP contribution in [0.4, 0.5) is 5.95 Å². The van der Waals surface area contributed by atoms with E-state index in [0.717, 1.165) is 49.4 Å². The second kappa shape index (κ2) is 11.1. The molecule has 2 fully saturated rings. The van der Waals surface area contributed by atoms with Gasteiger partial charge in [0.05, 0.1) is 18.8 Å². The van der Waals surface area contributed by atoms with Crippen molar-refractivity contribution in [3.8, 4) is 17.5 Å². The van der Waals surface area contributed by atoms with E-state index in [-0.39, 0.29) is 12.0 Å². The molecule has 0 unspecified atom stereocenters. The second-order valence-electron chi connectivity index (χ2n) is 8.55. The molecular formula is C24H27N5O5S. The molecular weight excluding hydrogens is 470 g/mol. The molecule has 3 aromatic rings. The smallest absolute Gasteiger partial charge is 0.304 e. The normalized spacial score (nSPS) is 21.0. The van der Waals surface area contributed by atoms with Crippen molar-refractivity contribution < 1.29 is 22.0 Å². The summed E-state index contributed by atoms with van der Waals surface area (Å²) in [4.78, 5) is 19.5. The lowest BCUT2D eigenvalue weighted by Gasteiger charge is -2.32. The molecule has 0 saturated carbocycles. The van der Waals surface area contributed by atoms with Crippen LogP contribution in [-0.2, 0) is 26.1 Å². The average molecular weight is 498 g/mol. The van der Waals surface area contributed by atoms with Crippen LogP contribution in [0.25, 0.3) is 0 Å². The van der Waals surface area contributed by atoms with Crippen molar-refractivity contribution in [2.45, 2.75) is 32.3 Å². The quantitative estimate of drug-likeness (QED) is 0.483. The van der Waals surface area contributed by atoms with Gasteiger partial charge in [0.15, 0.2) is 0 Å². The summed E-state index contributed by atoms with van der Waals surface area (Å²) in [6, 6.07) is 9.62. The minimum Gasteiger partial charge on any atom is -0.474 e. The molecule has 2 aromatic heterocycles. The maximum absolute atomic E-state index is 11.1. The van der Waals surface area contributed by atoms with E-state index >= 15 is 0 Å². The Hall–Kier alpha value is -3.15. The lowest BCUT2D eigenvalue weighted by molar-refractivity contribution is 0.124. The first-order chi connectivity index (χ1) is 17.1. The van der Waals surface area contributed by atoms with Gasteiger partial charge in [0, 0.05) is 44.2 Å². The molecule has 1 aromatic carbocycles. The zero-order valence-electron chi connectivity index (χ0n) is 19.4. The van der Waals surface area contributed by atoms with E-state index < -0.39 is 11.4 Å². The molecule has 184 valence electrons. The van der Waals surface area contributed by atoms with Crippen LogP contribution in [0.2, 0.25) is 0 Å². The van der Waals surface area contributed by atoms with Gasteiger partial charge < -0.3 is 14.4 Å². The van der Waals surface area contributed by atoms with Crippen molar-refractivity contribution in [3.05, 3.63) is 60.2 Å². The third kappa shape index (κ3) is 6.11. The van der Waals surface area contributed by atoms with Crippen molar-refractivity contribution in [2.24, 2.45) is 5.92 Å². The Labute approximate surface area is 206 Å². The van der Waals surface area contributed by atoms with Gasteiger partial charge in [-0.2, -0.15) is 4.21 Å². The Morgan fingerprint density at radius 1 is 1.00 bits per heavy atom. The molecule has 0 radical (unpaired) electrons. The summed E-state index contributed by atoms with van der Waals surface area (Å²) in [5, 5.41) is 0. The highest BCUT2D eigenvalue weighted by atomic mass is 32.2. The Balaban J connectivity index is 1.16. The minimum atomic E-state index is -1.61. The van der Waals surface area contributed by atoms with Crippen molar-refractivity contribution in [3.63, 3.8) is 0 Å². The molecule has 35 heavy (non-hydrogen) atoms. The van der Waals surface area contributed by atoms with Crippen LogP contribution in [-0.4, -0.2) is 56.6 Å². The van der Waals surface area contributed by atoms with E-state index in [9.17, 15) is 4.21 Å². The molecule has 2 saturated heterocycles. The first-order valence-corrected chi connectivity index (χ1v) is 12.6. The molecule has 11 heteroatoms. The van der Waals surface area contributed by atoms with Crippen LogP contribution in [0.15, 0.2) is 49.1 Å². The average Bonchev–Trinajstić information content (AvgIpc) is 2.90. The summed E-state index contributed by atoms with van der Waals surface area (Å²) in [7, 11) is 0. The minimum absolute atomic E-state index is 0.0564. The Bertz CT molecular complexity index is 1130. The summed E-state index contributed by atoms with van der Waals surface area (Å²) in [5.74, 6) is 2.61. The standard InChI is InChI=1S/C24H27N5O5S/c1-17-22(33-20-5-3-18(4-6-20)13-19-14-31-35(30)32-15-19)27-16-28-23(17)34-21-7-11-29(12-8-21)24-25-9-2-10-26-24/h2-6,9-10,16,19,21H,7-8,11-15H2,1H3/t19-,35-. The summed E-state index contributed by atoms with van der Waals surface area (Å²) < 4.78 is 33.5. The van der Waals surface area contributed by atoms with Gasteiger partial charge in [-0.15, -0.1) is 0 Å². The Morgan fingerprint density at radius 3 is 2.40 bits per heavy atom. The number of ether oxygens (including phenoxy) is 2. The SMILES string of the molecule is Cc1c(Oc2ccc(C[C@H]3CO[S@](=O)OC3)cc2)ncnc1OC1CCN(c2ncccn2)CC1. The number of rotatable bonds is 7. The van der Waals surface area contributed by atoms with Gasteiger partial charge in [0.25, 0.3) is 0 Å². The van der Waals surface area contributed by atoms with E-state index in [1.54, 1.807) is 12.4 Å². The van der Waals surface area contributed by atoms with E-state index in [4.69, 9.17) is 17.8 Å². The van der Waals surface area contributed by atoms with Crippen LogP contribution in [0.5, 0.6) is 17.5 Å². The molecule has 2 aliphatic rings. The number of benzene rings is 1. The van der Waals surface area contributed by atoms with Crippen molar-refractivity contribution >= 4 is 17.3 Å². The molecule has 0 aliphatic carbocycles. The van der Waals surface area contributed by atoms with Gasteiger partial charge >= 0.3 is 11.4 Å². The molecule has 0 amide bonds. The fourth-order valence-electron chi connectivity index (χ4n) is 4.07. The first kappa shape index (κ1) is 23.6. The lowest BCUT2D eigenvalue weighted by Crippen LogP contribution is -2.39. The number of hydrogen-bond donors (Lipinski definition) is 0. The number of hydrogen-bond acceptors (Lipinski definition) is 10. The molecule has 2 aliphatic heterocycles. The summed E-state index contributed by atoms with van der Waals surface area (Å²) in [6.45, 7) is 4.40. The van der Waals surface area contributed by atoms with Crippen LogP contribution >= 0.6 is 0 Å². The van der Waals surface area contributed by atoms with Crippen LogP contribution < -0.4 is 14.4 Å². The zero-order valence-corrected chi connectivity index (χ0v) is 20.2. The summed E-state index contributed by atoms with van der Waals surface area (Å²) in [6.07, 6.45) is 7.52. The van der Waals surface area contributed by atoms with E-state index in [1.165, 1.54) is 6.33 Å². The zero-order chi connectivity index (χ0) is 24.0. The molecule has 4 heterocycles. The number of aromatic nitrogens is 4. The highest BCUT2D eigenvalue weighted by molar-refractivity contribution is 7.75. The number of piperidine rings is 1. The van der Waals surface area contributed by atoms with Crippen molar-refractivity contribution in [1.29, 1.82) is 0 Å². The third-order valence-corrected chi connectivity index (χ3v) is 6.67. The maximum atomic E-state index is 11.1. The predicted octanol–water partition coefficient (Wildman–Crippen LogP) is 3.20. The van der Waals surface area contributed by atoms with Gasteiger partial charge in [0.2, 0.25) is 17.7 Å². The van der Waals surface area contributed by atoms with Crippen LogP contribution in [0, 0.1) is 12.8 Å². The molecule has 5 rings (SSSR count). The molecule has 0 N–H and O–H groups in total. The Kier molecular flexibility index (Phi) is 7.45. The topological polar surface area (TPSA) is 109 Å². The van der Waals surface area contributed by atoms with Gasteiger partial charge in [-0.3, -0.25) is 8.37 Å². The van der Waals surface area contributed by atoms with E-state index in [2.05, 4.69) is 24.8 Å². The second-order valence-corrected chi connectivity index (χ2v) is 9.43. The van der Waals surface area contributed by atoms with Gasteiger partial charge in [-0.05, 0) is 37.1 Å². The van der Waals surface area contributed by atoms with Crippen LogP contribution in [0.3, 0.4) is 0 Å². The molecule has 0 spiro atoms. The number of anilines is 1. The monoisotopic (exact) mass is 497 g/mol. The first-order valence-electron chi connectivity index (χ1n) is 11.6. The van der Waals surface area contributed by atoms with Crippen LogP contribution in [0.1, 0.15) is 24.0 Å². The fourth-order valence-corrected chi connectivity index (χ4v) is 4.74. The third-order valence-electron chi connectivity index (χ3n) is 6.01. The molecule has 0 bridgehead atoms. The highest BCUT2D eigenvalue weighted by Gasteiger charge is 2.24. The Morgan fingerprint density at radius 2 is 1.69 bits per heavy atom. The summed E-state index contributed by atoms with van der Waals surface area (Å²) >= 11 is -1.61. The van der Waals surface area contributed by atoms with Crippen molar-refractivity contribution in [1.82, 2.24) is 19.9 Å². The van der Waals surface area contributed by atoms with Crippen molar-refractivity contribution in [2.75, 3.05) is 31.2 Å². The number of nitrogens with zero attached hydrogens (tertiary/aromatic N) is 5. The predicted molar refractivity (Wildman–Crippen MR) is 128 cm³/mol. The van der Waals surface area contributed by atoms with Gasteiger partial charge in [0.1, 0.15) is 18.2 Å². The highest BCUT2D eigenvalue weighted by Crippen LogP contribution is 2.30. The van der Waals surface area contributed by atoms with Gasteiger partial charge in [-0.25, -0.2) is 19.9 Å². The van der Waals surface area contributed by atoms with E-state index in [0.29, 0.717) is 30.7 Å². The molecule has 0 atom stereocenters. The largest absolute Gasteiger partial charge is 0.474 e. The summed E-state index contributed by atoms with van der Waals surface area (Å²) in [5.41, 5.74) is 1.88. The fraction of sp³-hybridized carbons (Fsp3) is 0.417. The van der Waals surface area contributed by atoms with Gasteiger partial charge in [-0.1, -0.05) is 12.1 Å². The maximum Gasteiger partial charge on any atom is 0.304 e.